The highest BCUT2D eigenvalue weighted by molar-refractivity contribution is 6.32. The number of nitrogens with one attached hydrogen (secondary N) is 1. The molecule has 180 valence electrons. The second-order valence-electron chi connectivity index (χ2n) is 10.2. The molecule has 4 heterocycles. The lowest BCUT2D eigenvalue weighted by Gasteiger charge is -2.43. The van der Waals surface area contributed by atoms with Crippen molar-refractivity contribution in [2.45, 2.75) is 63.1 Å². The fourth-order valence-corrected chi connectivity index (χ4v) is 5.78. The third-order valence-corrected chi connectivity index (χ3v) is 8.25. The number of likely N-dealkylation sites (tertiary alicyclic amines) is 1. The molecule has 0 spiro atoms. The molecule has 9 heteroatoms. The van der Waals surface area contributed by atoms with E-state index in [1.165, 1.54) is 12.8 Å². The molecule has 2 aliphatic heterocycles. The summed E-state index contributed by atoms with van der Waals surface area (Å²) in [5.41, 5.74) is 3.79. The van der Waals surface area contributed by atoms with Gasteiger partial charge in [-0.2, -0.15) is 5.10 Å². The van der Waals surface area contributed by atoms with Gasteiger partial charge in [0.1, 0.15) is 0 Å². The second-order valence-corrected chi connectivity index (χ2v) is 10.6. The molecule has 2 N–H and O–H groups in total. The van der Waals surface area contributed by atoms with Crippen LogP contribution in [0.5, 0.6) is 0 Å². The summed E-state index contributed by atoms with van der Waals surface area (Å²) in [5.74, 6) is 0.929. The molecule has 1 aliphatic carbocycles. The maximum absolute atomic E-state index is 10.4. The first-order valence-electron chi connectivity index (χ1n) is 12.2. The molecule has 2 aromatic heterocycles. The largest absolute Gasteiger partial charge is 0.389 e. The van der Waals surface area contributed by atoms with Crippen LogP contribution in [0.25, 0.3) is 10.9 Å². The fraction of sp³-hybridized carbons (Fsp3) is 0.560. The van der Waals surface area contributed by atoms with E-state index < -0.39 is 6.10 Å². The number of nitrogens with zero attached hydrogens (tertiary/aromatic N) is 5. The van der Waals surface area contributed by atoms with Gasteiger partial charge >= 0.3 is 0 Å². The molecule has 0 radical (unpaired) electrons. The molecule has 0 bridgehead atoms. The molecule has 3 aliphatic rings. The number of hydrogen-bond donors (Lipinski definition) is 2. The van der Waals surface area contributed by atoms with E-state index in [1.54, 1.807) is 0 Å². The number of piperidine rings is 1. The highest BCUT2D eigenvalue weighted by Crippen LogP contribution is 2.39. The van der Waals surface area contributed by atoms with Gasteiger partial charge in [-0.15, -0.1) is 0 Å². The number of anilines is 2. The van der Waals surface area contributed by atoms with Gasteiger partial charge in [0.05, 0.1) is 54.0 Å². The average molecular weight is 483 g/mol. The number of hydrogen-bond acceptors (Lipinski definition) is 7. The van der Waals surface area contributed by atoms with Crippen LogP contribution in [0.2, 0.25) is 5.02 Å². The smallest absolute Gasteiger partial charge is 0.227 e. The van der Waals surface area contributed by atoms with E-state index in [0.29, 0.717) is 31.1 Å². The van der Waals surface area contributed by atoms with E-state index in [2.05, 4.69) is 44.9 Å². The van der Waals surface area contributed by atoms with Gasteiger partial charge in [-0.1, -0.05) is 11.6 Å². The van der Waals surface area contributed by atoms with Crippen molar-refractivity contribution in [3.63, 3.8) is 0 Å². The molecule has 6 rings (SSSR count). The lowest BCUT2D eigenvalue weighted by Crippen LogP contribution is -2.56. The van der Waals surface area contributed by atoms with Crippen molar-refractivity contribution in [3.05, 3.63) is 40.8 Å². The second kappa shape index (κ2) is 8.45. The van der Waals surface area contributed by atoms with Crippen molar-refractivity contribution in [2.24, 2.45) is 0 Å². The van der Waals surface area contributed by atoms with Crippen LogP contribution in [0, 0.1) is 6.92 Å². The summed E-state index contributed by atoms with van der Waals surface area (Å²) in [6.07, 6.45) is 7.62. The Labute approximate surface area is 204 Å². The third kappa shape index (κ3) is 3.86. The van der Waals surface area contributed by atoms with Crippen LogP contribution in [0.3, 0.4) is 0 Å². The Morgan fingerprint density at radius 1 is 1.18 bits per heavy atom. The zero-order chi connectivity index (χ0) is 23.4. The van der Waals surface area contributed by atoms with Crippen molar-refractivity contribution < 1.29 is 9.84 Å². The summed E-state index contributed by atoms with van der Waals surface area (Å²) in [7, 11) is 0. The number of aliphatic hydroxyl groups is 1. The zero-order valence-corrected chi connectivity index (χ0v) is 20.4. The number of benzene rings is 1. The summed E-state index contributed by atoms with van der Waals surface area (Å²) >= 11 is 6.72. The van der Waals surface area contributed by atoms with Gasteiger partial charge in [-0.3, -0.25) is 9.58 Å². The van der Waals surface area contributed by atoms with Gasteiger partial charge in [0.2, 0.25) is 5.95 Å². The van der Waals surface area contributed by atoms with Crippen LogP contribution in [0.15, 0.2) is 24.5 Å². The molecular formula is C25H31ClN6O2. The molecule has 8 nitrogen and oxygen atoms in total. The van der Waals surface area contributed by atoms with E-state index in [4.69, 9.17) is 21.3 Å². The molecule has 2 atom stereocenters. The van der Waals surface area contributed by atoms with E-state index in [1.807, 2.05) is 18.5 Å². The van der Waals surface area contributed by atoms with Crippen molar-refractivity contribution >= 4 is 34.1 Å². The zero-order valence-electron chi connectivity index (χ0n) is 19.7. The van der Waals surface area contributed by atoms with E-state index >= 15 is 0 Å². The van der Waals surface area contributed by atoms with E-state index in [0.717, 1.165) is 58.8 Å². The fourth-order valence-electron chi connectivity index (χ4n) is 5.45. The molecule has 1 aromatic carbocycles. The van der Waals surface area contributed by atoms with E-state index in [-0.39, 0.29) is 5.54 Å². The first-order chi connectivity index (χ1) is 16.4. The van der Waals surface area contributed by atoms with Gasteiger partial charge in [0.25, 0.3) is 0 Å². The number of halogens is 1. The minimum Gasteiger partial charge on any atom is -0.389 e. The monoisotopic (exact) mass is 482 g/mol. The predicted molar refractivity (Wildman–Crippen MR) is 132 cm³/mol. The lowest BCUT2D eigenvalue weighted by molar-refractivity contribution is -0.00211. The highest BCUT2D eigenvalue weighted by atomic mass is 35.5. The summed E-state index contributed by atoms with van der Waals surface area (Å²) in [6, 6.07) is 4.64. The van der Waals surface area contributed by atoms with Gasteiger partial charge < -0.3 is 15.2 Å². The molecule has 0 unspecified atom stereocenters. The predicted octanol–water partition coefficient (Wildman–Crippen LogP) is 4.20. The number of aliphatic hydroxyl groups excluding tert-OH is 1. The van der Waals surface area contributed by atoms with Gasteiger partial charge in [-0.25, -0.2) is 9.97 Å². The number of ether oxygens (including phenoxy) is 1. The van der Waals surface area contributed by atoms with E-state index in [9.17, 15) is 5.11 Å². The molecule has 0 amide bonds. The molecule has 3 aromatic rings. The third-order valence-electron chi connectivity index (χ3n) is 7.93. The average Bonchev–Trinajstić information content (AvgIpc) is 3.54. The van der Waals surface area contributed by atoms with Gasteiger partial charge in [0, 0.05) is 16.6 Å². The Hall–Kier alpha value is -2.26. The number of fused-ring (bicyclic) bond motifs is 1. The minimum atomic E-state index is -0.434. The van der Waals surface area contributed by atoms with Crippen LogP contribution in [-0.2, 0) is 4.74 Å². The van der Waals surface area contributed by atoms with Crippen LogP contribution in [-0.4, -0.2) is 67.7 Å². The SMILES string of the molecule is Cc1c(Nc2ncc3cc(Cl)c(C4CCN([C@@]5(C)COC[C@H]5O)CC4)cc3n2)cnn1C1CC1. The maximum Gasteiger partial charge on any atom is 0.227 e. The van der Waals surface area contributed by atoms with Crippen molar-refractivity contribution in [2.75, 3.05) is 31.6 Å². The minimum absolute atomic E-state index is 0.294. The topological polar surface area (TPSA) is 88.3 Å². The standard InChI is InChI=1S/C25H31ClN6O2/c1-15-22(12-28-32(15)18-3-4-18)30-24-27-11-17-9-20(26)19(10-21(17)29-24)16-5-7-31(8-6-16)25(2)14-34-13-23(25)33/h9-12,16,18,23,33H,3-8,13-14H2,1-2H3,(H,27,29,30)/t23-,25+/m1/s1. The Morgan fingerprint density at radius 2 is 1.97 bits per heavy atom. The van der Waals surface area contributed by atoms with Crippen LogP contribution in [0.4, 0.5) is 11.6 Å². The Bertz CT molecular complexity index is 1220. The number of aromatic nitrogens is 4. The Kier molecular flexibility index (Phi) is 5.52. The van der Waals surface area contributed by atoms with Gasteiger partial charge in [-0.05, 0) is 76.2 Å². The Morgan fingerprint density at radius 3 is 2.68 bits per heavy atom. The lowest BCUT2D eigenvalue weighted by atomic mass is 9.85. The number of rotatable bonds is 5. The normalized spacial score (nSPS) is 26.4. The first kappa shape index (κ1) is 22.2. The van der Waals surface area contributed by atoms with Crippen molar-refractivity contribution in [1.82, 2.24) is 24.6 Å². The molecule has 2 saturated heterocycles. The molecule has 34 heavy (non-hydrogen) atoms. The molecule has 1 saturated carbocycles. The van der Waals surface area contributed by atoms with Crippen LogP contribution >= 0.6 is 11.6 Å². The quantitative estimate of drug-likeness (QED) is 0.563. The van der Waals surface area contributed by atoms with Crippen LogP contribution in [0.1, 0.15) is 55.8 Å². The molecule has 3 fully saturated rings. The summed E-state index contributed by atoms with van der Waals surface area (Å²) < 4.78 is 7.63. The van der Waals surface area contributed by atoms with Crippen LogP contribution < -0.4 is 5.32 Å². The summed E-state index contributed by atoms with van der Waals surface area (Å²) in [5, 5.41) is 20.0. The molecular weight excluding hydrogens is 452 g/mol. The van der Waals surface area contributed by atoms with Gasteiger partial charge in [0.15, 0.2) is 0 Å². The first-order valence-corrected chi connectivity index (χ1v) is 12.6. The summed E-state index contributed by atoms with van der Waals surface area (Å²) in [6.45, 7) is 7.02. The van der Waals surface area contributed by atoms with Crippen molar-refractivity contribution in [3.8, 4) is 0 Å². The maximum atomic E-state index is 10.4. The Balaban J connectivity index is 1.21. The highest BCUT2D eigenvalue weighted by Gasteiger charge is 2.45. The van der Waals surface area contributed by atoms with Crippen molar-refractivity contribution in [1.29, 1.82) is 0 Å². The summed E-state index contributed by atoms with van der Waals surface area (Å²) in [4.78, 5) is 11.7.